The number of carbonyl (C=O) groups excluding carboxylic acids is 2. The Morgan fingerprint density at radius 2 is 1.77 bits per heavy atom. The van der Waals surface area contributed by atoms with Gasteiger partial charge in [0, 0.05) is 20.6 Å². The summed E-state index contributed by atoms with van der Waals surface area (Å²) < 4.78 is 13.4. The van der Waals surface area contributed by atoms with Crippen LogP contribution in [0.4, 0.5) is 9.18 Å². The van der Waals surface area contributed by atoms with Crippen LogP contribution in [0.15, 0.2) is 59.7 Å². The quantitative estimate of drug-likeness (QED) is 0.811. The van der Waals surface area contributed by atoms with E-state index >= 15 is 0 Å². The molecule has 3 atom stereocenters. The number of nitrogens with one attached hydrogen (secondary N) is 1. The van der Waals surface area contributed by atoms with E-state index in [1.54, 1.807) is 24.1 Å². The van der Waals surface area contributed by atoms with Crippen molar-refractivity contribution in [3.8, 4) is 0 Å². The zero-order valence-electron chi connectivity index (χ0n) is 17.3. The van der Waals surface area contributed by atoms with Gasteiger partial charge in [-0.3, -0.25) is 20.0 Å². The number of hydrogen-bond donors (Lipinski definition) is 1. The van der Waals surface area contributed by atoms with Crippen LogP contribution in [0.1, 0.15) is 11.1 Å². The monoisotopic (exact) mass is 422 g/mol. The molecule has 3 aliphatic rings. The number of amides is 3. The molecule has 3 amide bonds. The lowest BCUT2D eigenvalue weighted by Gasteiger charge is -2.41. The standard InChI is InChI=1S/C22H23FN6O2/c1-26-19-18(20(30)27(2)22(26)31)28-13-17(15-6-4-3-5-7-15)25-29(21(28)24-19)12-14-8-10-16(23)11-9-14/h3-11,18-19,21,24H,12-13H2,1-2H3. The molecule has 3 heterocycles. The zero-order valence-corrected chi connectivity index (χ0v) is 17.3. The highest BCUT2D eigenvalue weighted by Gasteiger charge is 2.55. The molecule has 2 saturated heterocycles. The lowest BCUT2D eigenvalue weighted by molar-refractivity contribution is -0.137. The molecule has 1 N–H and O–H groups in total. The number of benzene rings is 2. The Balaban J connectivity index is 1.53. The molecule has 160 valence electrons. The molecule has 0 radical (unpaired) electrons. The highest BCUT2D eigenvalue weighted by Crippen LogP contribution is 2.31. The van der Waals surface area contributed by atoms with Crippen molar-refractivity contribution in [2.24, 2.45) is 5.10 Å². The zero-order chi connectivity index (χ0) is 21.7. The van der Waals surface area contributed by atoms with Crippen LogP contribution in [0.2, 0.25) is 0 Å². The van der Waals surface area contributed by atoms with Crippen molar-refractivity contribution < 1.29 is 14.0 Å². The van der Waals surface area contributed by atoms with Gasteiger partial charge >= 0.3 is 6.03 Å². The fraction of sp³-hybridized carbons (Fsp3) is 0.318. The largest absolute Gasteiger partial charge is 0.327 e. The molecule has 0 spiro atoms. The summed E-state index contributed by atoms with van der Waals surface area (Å²) >= 11 is 0. The Morgan fingerprint density at radius 1 is 1.06 bits per heavy atom. The average molecular weight is 422 g/mol. The Hall–Kier alpha value is -3.30. The first-order chi connectivity index (χ1) is 14.9. The minimum absolute atomic E-state index is 0.237. The number of fused-ring (bicyclic) bond motifs is 3. The van der Waals surface area contributed by atoms with Crippen molar-refractivity contribution in [3.63, 3.8) is 0 Å². The third-order valence-corrected chi connectivity index (χ3v) is 6.11. The Labute approximate surface area is 179 Å². The van der Waals surface area contributed by atoms with Gasteiger partial charge in [0.05, 0.1) is 12.3 Å². The maximum absolute atomic E-state index is 13.4. The Kier molecular flexibility index (Phi) is 4.71. The minimum atomic E-state index is -0.525. The normalized spacial score (nSPS) is 26.1. The molecule has 3 unspecified atom stereocenters. The molecule has 2 fully saturated rings. The van der Waals surface area contributed by atoms with Crippen LogP contribution < -0.4 is 5.32 Å². The number of imide groups is 1. The van der Waals surface area contributed by atoms with Crippen molar-refractivity contribution in [1.29, 1.82) is 0 Å². The van der Waals surface area contributed by atoms with Crippen molar-refractivity contribution in [3.05, 3.63) is 71.5 Å². The first-order valence-electron chi connectivity index (χ1n) is 10.1. The Morgan fingerprint density at radius 3 is 2.48 bits per heavy atom. The second-order valence-electron chi connectivity index (χ2n) is 8.03. The van der Waals surface area contributed by atoms with Gasteiger partial charge in [-0.25, -0.2) is 14.1 Å². The summed E-state index contributed by atoms with van der Waals surface area (Å²) in [5, 5.41) is 10.2. The van der Waals surface area contributed by atoms with Crippen LogP contribution in [0, 0.1) is 5.82 Å². The molecule has 0 aliphatic carbocycles. The average Bonchev–Trinajstić information content (AvgIpc) is 3.18. The van der Waals surface area contributed by atoms with E-state index < -0.39 is 12.2 Å². The summed E-state index contributed by atoms with van der Waals surface area (Å²) in [6, 6.07) is 15.2. The number of halogens is 1. The third kappa shape index (κ3) is 3.26. The van der Waals surface area contributed by atoms with Crippen LogP contribution in [0.3, 0.4) is 0 Å². The van der Waals surface area contributed by atoms with E-state index in [1.807, 2.05) is 40.2 Å². The third-order valence-electron chi connectivity index (χ3n) is 6.11. The van der Waals surface area contributed by atoms with Crippen molar-refractivity contribution in [2.75, 3.05) is 20.6 Å². The van der Waals surface area contributed by atoms with E-state index in [4.69, 9.17) is 5.10 Å². The summed E-state index contributed by atoms with van der Waals surface area (Å²) in [5.41, 5.74) is 2.69. The van der Waals surface area contributed by atoms with Gasteiger partial charge in [-0.2, -0.15) is 5.10 Å². The molecule has 3 aliphatic heterocycles. The van der Waals surface area contributed by atoms with Crippen LogP contribution >= 0.6 is 0 Å². The highest BCUT2D eigenvalue weighted by molar-refractivity contribution is 6.04. The van der Waals surface area contributed by atoms with Crippen molar-refractivity contribution in [2.45, 2.75) is 25.0 Å². The summed E-state index contributed by atoms with van der Waals surface area (Å²) in [7, 11) is 3.20. The van der Waals surface area contributed by atoms with E-state index in [1.165, 1.54) is 24.1 Å². The molecule has 2 aromatic carbocycles. The second kappa shape index (κ2) is 7.44. The van der Waals surface area contributed by atoms with Crippen LogP contribution in [-0.2, 0) is 11.3 Å². The first-order valence-corrected chi connectivity index (χ1v) is 10.1. The molecule has 0 saturated carbocycles. The van der Waals surface area contributed by atoms with Crippen molar-refractivity contribution in [1.82, 2.24) is 25.0 Å². The van der Waals surface area contributed by atoms with Gasteiger partial charge in [-0.05, 0) is 23.3 Å². The van der Waals surface area contributed by atoms with Gasteiger partial charge in [0.1, 0.15) is 18.0 Å². The molecular formula is C22H23FN6O2. The number of hydrogen-bond acceptors (Lipinski definition) is 6. The minimum Gasteiger partial charge on any atom is -0.310 e. The molecule has 9 heteroatoms. The molecule has 5 rings (SSSR count). The van der Waals surface area contributed by atoms with Crippen LogP contribution in [0.25, 0.3) is 0 Å². The van der Waals surface area contributed by atoms with E-state index in [9.17, 15) is 14.0 Å². The number of nitrogens with zero attached hydrogens (tertiary/aromatic N) is 5. The topological polar surface area (TPSA) is 71.5 Å². The highest BCUT2D eigenvalue weighted by atomic mass is 19.1. The molecule has 31 heavy (non-hydrogen) atoms. The smallest absolute Gasteiger partial charge is 0.310 e. The van der Waals surface area contributed by atoms with E-state index in [0.29, 0.717) is 13.1 Å². The first kappa shape index (κ1) is 19.7. The molecular weight excluding hydrogens is 399 g/mol. The lowest BCUT2D eigenvalue weighted by Crippen LogP contribution is -2.65. The number of rotatable bonds is 3. The van der Waals surface area contributed by atoms with Gasteiger partial charge < -0.3 is 4.90 Å². The van der Waals surface area contributed by atoms with Gasteiger partial charge in [0.2, 0.25) is 0 Å². The Bertz CT molecular complexity index is 1040. The SMILES string of the molecule is CN1C(=O)C2C(NC3N(Cc4ccc(F)cc4)N=C(c4ccccc4)CN23)N(C)C1=O. The summed E-state index contributed by atoms with van der Waals surface area (Å²) in [6.07, 6.45) is -0.833. The molecule has 8 nitrogen and oxygen atoms in total. The summed E-state index contributed by atoms with van der Waals surface area (Å²) in [5.74, 6) is -0.532. The van der Waals surface area contributed by atoms with E-state index in [0.717, 1.165) is 16.8 Å². The fourth-order valence-corrected chi connectivity index (χ4v) is 4.46. The predicted octanol–water partition coefficient (Wildman–Crippen LogP) is 1.45. The number of carbonyl (C=O) groups is 2. The van der Waals surface area contributed by atoms with Gasteiger partial charge in [0.15, 0.2) is 6.29 Å². The van der Waals surface area contributed by atoms with Gasteiger partial charge in [-0.1, -0.05) is 42.5 Å². The number of hydrazone groups is 1. The maximum atomic E-state index is 13.4. The second-order valence-corrected chi connectivity index (χ2v) is 8.03. The van der Waals surface area contributed by atoms with E-state index in [2.05, 4.69) is 5.32 Å². The van der Waals surface area contributed by atoms with Gasteiger partial charge in [-0.15, -0.1) is 0 Å². The number of likely N-dealkylation sites (N-methyl/N-ethyl adjacent to an activating group) is 2. The van der Waals surface area contributed by atoms with Crippen LogP contribution in [0.5, 0.6) is 0 Å². The summed E-state index contributed by atoms with van der Waals surface area (Å²) in [6.45, 7) is 0.885. The fourth-order valence-electron chi connectivity index (χ4n) is 4.46. The lowest BCUT2D eigenvalue weighted by atomic mass is 10.1. The molecule has 0 bridgehead atoms. The maximum Gasteiger partial charge on any atom is 0.327 e. The van der Waals surface area contributed by atoms with Crippen LogP contribution in [-0.4, -0.2) is 76.5 Å². The molecule has 0 aromatic heterocycles. The number of urea groups is 1. The van der Waals surface area contributed by atoms with E-state index in [-0.39, 0.29) is 24.0 Å². The molecule has 2 aromatic rings. The summed E-state index contributed by atoms with van der Waals surface area (Å²) in [4.78, 5) is 30.3. The predicted molar refractivity (Wildman–Crippen MR) is 112 cm³/mol. The van der Waals surface area contributed by atoms with Crippen molar-refractivity contribution >= 4 is 17.6 Å². The van der Waals surface area contributed by atoms with Gasteiger partial charge in [0.25, 0.3) is 5.91 Å².